The van der Waals surface area contributed by atoms with Crippen LogP contribution in [0.3, 0.4) is 0 Å². The number of ether oxygens (including phenoxy) is 2. The molecular formula is C41H68N2O9. The molecule has 0 aromatic rings. The predicted octanol–water partition coefficient (Wildman–Crippen LogP) is 4.29. The molecule has 5 N–H and O–H groups in total. The molecule has 0 aromatic carbocycles. The van der Waals surface area contributed by atoms with Gasteiger partial charge in [0.2, 0.25) is 11.8 Å². The molecule has 0 unspecified atom stereocenters. The molecule has 0 spiro atoms. The van der Waals surface area contributed by atoms with Crippen LogP contribution in [-0.4, -0.2) is 114 Å². The van der Waals surface area contributed by atoms with Crippen molar-refractivity contribution < 1.29 is 44.6 Å². The van der Waals surface area contributed by atoms with Gasteiger partial charge in [0.05, 0.1) is 37.3 Å². The van der Waals surface area contributed by atoms with Crippen LogP contribution in [0.4, 0.5) is 0 Å². The van der Waals surface area contributed by atoms with Crippen LogP contribution in [0.5, 0.6) is 0 Å². The van der Waals surface area contributed by atoms with Crippen molar-refractivity contribution in [1.29, 1.82) is 0 Å². The van der Waals surface area contributed by atoms with Gasteiger partial charge in [0.15, 0.2) is 0 Å². The lowest BCUT2D eigenvalue weighted by Crippen LogP contribution is -2.67. The average Bonchev–Trinajstić information content (AvgIpc) is 3.79. The third-order valence-corrected chi connectivity index (χ3v) is 13.3. The second-order valence-corrected chi connectivity index (χ2v) is 19.0. The van der Waals surface area contributed by atoms with Gasteiger partial charge in [0.1, 0.15) is 34.7 Å². The first-order valence-electron chi connectivity index (χ1n) is 19.8. The summed E-state index contributed by atoms with van der Waals surface area (Å²) >= 11 is 0. The summed E-state index contributed by atoms with van der Waals surface area (Å²) in [6.07, 6.45) is 12.8. The Bertz CT molecular complexity index is 1260. The van der Waals surface area contributed by atoms with E-state index < -0.39 is 58.8 Å². The lowest BCUT2D eigenvalue weighted by molar-refractivity contribution is -0.149. The standard InChI is InChI=1S/C21H35NO4.C20H33NO5/c1-6-10-15-17(24)22-18(19(2,3)4)26-13-21(22,20(15,5)25)16(23)14-11-8-7-9-12-14;1-18(2,3)17-21-16(24)14(10-11-22)19(4,25)20(21,12-26-17)15(23)13-8-6-5-7-9-13/h8,11,14-16,18,23,25H,6-7,9-10,12-13H2,1-5H3;6,8,13-15,17,22-23,25H,5,7,9-12H2,1-4H3/t14-,15+,16-,18+,20+,21-;13-,14+,15-,17+,19+,20-/m11/s1. The van der Waals surface area contributed by atoms with Gasteiger partial charge < -0.3 is 44.8 Å². The van der Waals surface area contributed by atoms with Gasteiger partial charge in [-0.25, -0.2) is 0 Å². The van der Waals surface area contributed by atoms with Crippen LogP contribution < -0.4 is 0 Å². The first-order valence-corrected chi connectivity index (χ1v) is 19.8. The number of carbonyl (C=O) groups excluding carboxylic acids is 2. The van der Waals surface area contributed by atoms with Crippen LogP contribution in [0.25, 0.3) is 0 Å². The largest absolute Gasteiger partial charge is 0.396 e. The van der Waals surface area contributed by atoms with E-state index >= 15 is 0 Å². The van der Waals surface area contributed by atoms with Gasteiger partial charge in [-0.15, -0.1) is 0 Å². The first-order chi connectivity index (χ1) is 24.2. The van der Waals surface area contributed by atoms with Gasteiger partial charge in [-0.3, -0.25) is 9.59 Å². The van der Waals surface area contributed by atoms with Crippen molar-refractivity contribution in [2.45, 2.75) is 167 Å². The molecule has 12 atom stereocenters. The molecular weight excluding hydrogens is 664 g/mol. The minimum absolute atomic E-state index is 0.0618. The normalized spacial score (nSPS) is 41.6. The lowest BCUT2D eigenvalue weighted by atomic mass is 9.68. The minimum atomic E-state index is -1.49. The molecule has 4 heterocycles. The highest BCUT2D eigenvalue weighted by atomic mass is 16.5. The number of nitrogens with zero attached hydrogens (tertiary/aromatic N) is 2. The molecule has 52 heavy (non-hydrogen) atoms. The zero-order valence-corrected chi connectivity index (χ0v) is 33.2. The maximum atomic E-state index is 13.4. The summed E-state index contributed by atoms with van der Waals surface area (Å²) in [7, 11) is 0. The molecule has 2 aliphatic carbocycles. The van der Waals surface area contributed by atoms with Crippen molar-refractivity contribution >= 4 is 11.8 Å². The maximum Gasteiger partial charge on any atom is 0.231 e. The number of fused-ring (bicyclic) bond motifs is 2. The molecule has 11 heteroatoms. The number of amides is 2. The summed E-state index contributed by atoms with van der Waals surface area (Å²) in [5.41, 5.74) is -5.76. The van der Waals surface area contributed by atoms with E-state index in [1.54, 1.807) is 23.6 Å². The third kappa shape index (κ3) is 6.32. The van der Waals surface area contributed by atoms with E-state index in [1.165, 1.54) is 0 Å². The van der Waals surface area contributed by atoms with E-state index in [2.05, 4.69) is 18.2 Å². The maximum absolute atomic E-state index is 13.4. The predicted molar refractivity (Wildman–Crippen MR) is 197 cm³/mol. The molecule has 4 saturated heterocycles. The van der Waals surface area contributed by atoms with E-state index in [4.69, 9.17) is 9.47 Å². The molecule has 296 valence electrons. The monoisotopic (exact) mass is 732 g/mol. The van der Waals surface area contributed by atoms with E-state index in [0.717, 1.165) is 44.9 Å². The van der Waals surface area contributed by atoms with Crippen LogP contribution in [-0.2, 0) is 19.1 Å². The number of allylic oxidation sites excluding steroid dienone is 2. The zero-order chi connectivity index (χ0) is 38.7. The highest BCUT2D eigenvalue weighted by Gasteiger charge is 2.75. The summed E-state index contributed by atoms with van der Waals surface area (Å²) in [6.45, 7) is 17.5. The van der Waals surface area contributed by atoms with Crippen LogP contribution in [0.2, 0.25) is 0 Å². The van der Waals surface area contributed by atoms with E-state index in [9.17, 15) is 35.1 Å². The molecule has 0 bridgehead atoms. The number of hydrogen-bond acceptors (Lipinski definition) is 9. The molecule has 11 nitrogen and oxygen atoms in total. The summed E-state index contributed by atoms with van der Waals surface area (Å²) < 4.78 is 12.1. The quantitative estimate of drug-likeness (QED) is 0.230. The number of aliphatic hydroxyl groups is 5. The van der Waals surface area contributed by atoms with Crippen molar-refractivity contribution in [2.75, 3.05) is 19.8 Å². The Balaban J connectivity index is 0.000000201. The van der Waals surface area contributed by atoms with Crippen molar-refractivity contribution in [3.63, 3.8) is 0 Å². The summed E-state index contributed by atoms with van der Waals surface area (Å²) in [5, 5.41) is 55.5. The molecule has 6 rings (SSSR count). The first kappa shape index (κ1) is 41.3. The molecule has 0 saturated carbocycles. The Morgan fingerprint density at radius 1 is 0.750 bits per heavy atom. The van der Waals surface area contributed by atoms with Crippen LogP contribution in [0.15, 0.2) is 24.3 Å². The average molecular weight is 733 g/mol. The highest BCUT2D eigenvalue weighted by molar-refractivity contribution is 5.86. The summed E-state index contributed by atoms with van der Waals surface area (Å²) in [6, 6.07) is 0. The SMILES string of the molecule is CC(C)(C)[C@@H]1OC[C@]2([C@H](O)[C@@H]3C=CCCC3)N1C(=O)[C@H](CCO)[C@]2(C)O.CCC[C@H]1C(=O)N2[C@H](C(C)(C)C)OC[C@@]2([C@H](O)[C@@H]2C=CCCC2)[C@@]1(C)O. The molecule has 4 fully saturated rings. The van der Waals surface area contributed by atoms with E-state index in [1.807, 2.05) is 54.5 Å². The Kier molecular flexibility index (Phi) is 11.6. The topological polar surface area (TPSA) is 160 Å². The zero-order valence-electron chi connectivity index (χ0n) is 33.2. The Hall–Kier alpha value is -1.86. The van der Waals surface area contributed by atoms with Crippen molar-refractivity contribution in [1.82, 2.24) is 9.80 Å². The molecule has 6 aliphatic rings. The molecule has 4 aliphatic heterocycles. The molecule has 0 aromatic heterocycles. The Labute approximate surface area is 311 Å². The Morgan fingerprint density at radius 2 is 1.13 bits per heavy atom. The van der Waals surface area contributed by atoms with E-state index in [0.29, 0.717) is 6.42 Å². The Morgan fingerprint density at radius 3 is 1.44 bits per heavy atom. The summed E-state index contributed by atoms with van der Waals surface area (Å²) in [5.74, 6) is -1.74. The fourth-order valence-corrected chi connectivity index (χ4v) is 10.4. The van der Waals surface area contributed by atoms with Crippen LogP contribution in [0, 0.1) is 34.5 Å². The second-order valence-electron chi connectivity index (χ2n) is 19.0. The third-order valence-electron chi connectivity index (χ3n) is 13.3. The fourth-order valence-electron chi connectivity index (χ4n) is 10.4. The van der Waals surface area contributed by atoms with Crippen LogP contribution in [0.1, 0.15) is 120 Å². The molecule has 0 radical (unpaired) electrons. The smallest absolute Gasteiger partial charge is 0.231 e. The van der Waals surface area contributed by atoms with E-state index in [-0.39, 0.29) is 60.7 Å². The van der Waals surface area contributed by atoms with Gasteiger partial charge in [0, 0.05) is 29.3 Å². The van der Waals surface area contributed by atoms with Crippen molar-refractivity contribution in [3.8, 4) is 0 Å². The number of rotatable bonds is 8. The van der Waals surface area contributed by atoms with Crippen molar-refractivity contribution in [3.05, 3.63) is 24.3 Å². The number of hydrogen-bond donors (Lipinski definition) is 5. The van der Waals surface area contributed by atoms with Gasteiger partial charge in [-0.05, 0) is 65.2 Å². The number of carbonyl (C=O) groups is 2. The van der Waals surface area contributed by atoms with Gasteiger partial charge in [0.25, 0.3) is 0 Å². The highest BCUT2D eigenvalue weighted by Crippen LogP contribution is 2.57. The lowest BCUT2D eigenvalue weighted by Gasteiger charge is -2.47. The second kappa shape index (κ2) is 14.7. The summed E-state index contributed by atoms with van der Waals surface area (Å²) in [4.78, 5) is 30.0. The fraction of sp³-hybridized carbons (Fsp3) is 0.854. The van der Waals surface area contributed by atoms with Gasteiger partial charge in [-0.2, -0.15) is 0 Å². The minimum Gasteiger partial charge on any atom is -0.396 e. The van der Waals surface area contributed by atoms with Crippen molar-refractivity contribution in [2.24, 2.45) is 34.5 Å². The number of aliphatic hydroxyl groups excluding tert-OH is 3. The van der Waals surface area contributed by atoms with Gasteiger partial charge >= 0.3 is 0 Å². The van der Waals surface area contributed by atoms with Gasteiger partial charge in [-0.1, -0.05) is 79.2 Å². The molecule has 2 amide bonds. The van der Waals surface area contributed by atoms with Crippen LogP contribution >= 0.6 is 0 Å².